The molecule has 0 spiro atoms. The average Bonchev–Trinajstić information content (AvgIpc) is 3.85. The van der Waals surface area contributed by atoms with Gasteiger partial charge >= 0.3 is 0 Å². The van der Waals surface area contributed by atoms with E-state index in [4.69, 9.17) is 11.6 Å². The highest BCUT2D eigenvalue weighted by atomic mass is 35.5. The fraction of sp³-hybridized carbons (Fsp3) is 0.394. The summed E-state index contributed by atoms with van der Waals surface area (Å²) in [7, 11) is 0. The second-order valence-electron chi connectivity index (χ2n) is 11.4. The molecule has 3 aliphatic rings. The van der Waals surface area contributed by atoms with Crippen molar-refractivity contribution in [2.45, 2.75) is 56.9 Å². The topological polar surface area (TPSA) is 76.7 Å². The monoisotopic (exact) mass is 571 g/mol. The van der Waals surface area contributed by atoms with Gasteiger partial charge in [-0.15, -0.1) is 0 Å². The molecule has 3 aromatic rings. The Kier molecular flexibility index (Phi) is 8.56. The zero-order chi connectivity index (χ0) is 28.2. The van der Waals surface area contributed by atoms with E-state index in [0.717, 1.165) is 25.2 Å². The summed E-state index contributed by atoms with van der Waals surface area (Å²) in [5.41, 5.74) is 5.89. The third-order valence-electron chi connectivity index (χ3n) is 8.45. The lowest BCUT2D eigenvalue weighted by molar-refractivity contribution is -0.137. The van der Waals surface area contributed by atoms with E-state index in [1.165, 1.54) is 35.2 Å². The number of carbonyl (C=O) groups is 2. The number of amides is 2. The highest BCUT2D eigenvalue weighted by molar-refractivity contribution is 6.30. The molecule has 2 heterocycles. The molecule has 3 aromatic carbocycles. The van der Waals surface area contributed by atoms with Gasteiger partial charge in [0.2, 0.25) is 11.8 Å². The Morgan fingerprint density at radius 3 is 2.37 bits per heavy atom. The third kappa shape index (κ3) is 6.92. The van der Waals surface area contributed by atoms with Gasteiger partial charge in [0.1, 0.15) is 6.04 Å². The number of nitrogens with one attached hydrogen (secondary N) is 3. The van der Waals surface area contributed by atoms with Crippen molar-refractivity contribution in [2.75, 3.05) is 31.1 Å². The number of halogens is 1. The number of benzene rings is 3. The van der Waals surface area contributed by atoms with E-state index in [9.17, 15) is 9.59 Å². The second-order valence-corrected chi connectivity index (χ2v) is 11.8. The van der Waals surface area contributed by atoms with Crippen LogP contribution in [0.25, 0.3) is 0 Å². The molecule has 1 saturated carbocycles. The van der Waals surface area contributed by atoms with Crippen molar-refractivity contribution >= 4 is 29.1 Å². The molecule has 0 unspecified atom stereocenters. The van der Waals surface area contributed by atoms with Crippen LogP contribution in [0.3, 0.4) is 0 Å². The number of anilines is 1. The molecule has 2 amide bonds. The highest BCUT2D eigenvalue weighted by Gasteiger charge is 2.32. The summed E-state index contributed by atoms with van der Waals surface area (Å²) in [6, 6.07) is 23.9. The summed E-state index contributed by atoms with van der Waals surface area (Å²) in [4.78, 5) is 31.7. The Morgan fingerprint density at radius 2 is 1.61 bits per heavy atom. The van der Waals surface area contributed by atoms with E-state index in [1.54, 1.807) is 0 Å². The third-order valence-corrected chi connectivity index (χ3v) is 8.70. The van der Waals surface area contributed by atoms with Crippen LogP contribution in [0.15, 0.2) is 72.8 Å². The van der Waals surface area contributed by atoms with Crippen LogP contribution in [0.5, 0.6) is 0 Å². The Bertz CT molecular complexity index is 1370. The van der Waals surface area contributed by atoms with Crippen LogP contribution in [0.1, 0.15) is 35.1 Å². The van der Waals surface area contributed by atoms with Crippen LogP contribution in [-0.4, -0.2) is 61.0 Å². The molecule has 0 bridgehead atoms. The Balaban J connectivity index is 1.12. The van der Waals surface area contributed by atoms with Crippen LogP contribution >= 0.6 is 11.6 Å². The lowest BCUT2D eigenvalue weighted by Crippen LogP contribution is -2.58. The Labute approximate surface area is 247 Å². The smallest absolute Gasteiger partial charge is 0.245 e. The first-order chi connectivity index (χ1) is 20.0. The minimum absolute atomic E-state index is 0.0344. The van der Waals surface area contributed by atoms with Gasteiger partial charge in [-0.05, 0) is 59.7 Å². The molecular formula is C33H38ClN5O2. The number of fused-ring (bicyclic) bond motifs is 1. The van der Waals surface area contributed by atoms with Gasteiger partial charge in [-0.2, -0.15) is 0 Å². The van der Waals surface area contributed by atoms with Crippen molar-refractivity contribution in [1.82, 2.24) is 20.9 Å². The maximum Gasteiger partial charge on any atom is 0.245 e. The second kappa shape index (κ2) is 12.6. The molecule has 6 rings (SSSR count). The molecule has 2 aliphatic heterocycles. The average molecular weight is 572 g/mol. The first-order valence-corrected chi connectivity index (χ1v) is 15.1. The minimum Gasteiger partial charge on any atom is -0.368 e. The number of hydrogen-bond donors (Lipinski definition) is 3. The van der Waals surface area contributed by atoms with E-state index in [0.29, 0.717) is 43.5 Å². The normalized spacial score (nSPS) is 19.4. The molecule has 1 saturated heterocycles. The van der Waals surface area contributed by atoms with Crippen molar-refractivity contribution in [3.63, 3.8) is 0 Å². The fourth-order valence-electron chi connectivity index (χ4n) is 5.87. The molecule has 3 N–H and O–H groups in total. The molecule has 7 nitrogen and oxygen atoms in total. The van der Waals surface area contributed by atoms with E-state index in [2.05, 4.69) is 57.2 Å². The van der Waals surface area contributed by atoms with Gasteiger partial charge in [0, 0.05) is 62.4 Å². The molecule has 0 radical (unpaired) electrons. The van der Waals surface area contributed by atoms with Crippen LogP contribution in [0, 0.1) is 0 Å². The quantitative estimate of drug-likeness (QED) is 0.365. The Hall–Kier alpha value is -3.39. The lowest BCUT2D eigenvalue weighted by atomic mass is 9.95. The maximum atomic E-state index is 13.9. The summed E-state index contributed by atoms with van der Waals surface area (Å²) in [6.45, 7) is 4.26. The highest BCUT2D eigenvalue weighted by Crippen LogP contribution is 2.25. The first-order valence-electron chi connectivity index (χ1n) is 14.7. The summed E-state index contributed by atoms with van der Waals surface area (Å²) in [5.74, 6) is -0.171. The van der Waals surface area contributed by atoms with Crippen molar-refractivity contribution in [2.24, 2.45) is 0 Å². The van der Waals surface area contributed by atoms with E-state index < -0.39 is 6.04 Å². The van der Waals surface area contributed by atoms with Gasteiger partial charge < -0.3 is 25.8 Å². The number of carbonyl (C=O) groups excluding carboxylic acids is 2. The van der Waals surface area contributed by atoms with Crippen LogP contribution in [0.2, 0.25) is 5.02 Å². The van der Waals surface area contributed by atoms with Gasteiger partial charge in [-0.25, -0.2) is 0 Å². The number of piperazine rings is 1. The molecule has 8 heteroatoms. The minimum atomic E-state index is -0.649. The van der Waals surface area contributed by atoms with Gasteiger partial charge in [0.25, 0.3) is 0 Å². The van der Waals surface area contributed by atoms with Gasteiger partial charge in [-0.1, -0.05) is 66.2 Å². The van der Waals surface area contributed by atoms with Crippen LogP contribution in [-0.2, 0) is 35.5 Å². The zero-order valence-corrected chi connectivity index (χ0v) is 24.1. The molecule has 41 heavy (non-hydrogen) atoms. The molecule has 1 aliphatic carbocycles. The van der Waals surface area contributed by atoms with Gasteiger partial charge in [0.05, 0.1) is 6.04 Å². The van der Waals surface area contributed by atoms with Crippen molar-refractivity contribution in [3.05, 3.63) is 100 Å². The van der Waals surface area contributed by atoms with Gasteiger partial charge in [0.15, 0.2) is 0 Å². The van der Waals surface area contributed by atoms with Crippen molar-refractivity contribution in [1.29, 1.82) is 0 Å². The number of para-hydroxylation sites is 1. The van der Waals surface area contributed by atoms with Crippen molar-refractivity contribution < 1.29 is 9.59 Å². The summed E-state index contributed by atoms with van der Waals surface area (Å²) in [5, 5.41) is 10.7. The van der Waals surface area contributed by atoms with E-state index >= 15 is 0 Å². The van der Waals surface area contributed by atoms with E-state index in [-0.39, 0.29) is 17.9 Å². The first kappa shape index (κ1) is 27.8. The SMILES string of the molecule is O=C(N[C@H](Cc1ccc(Cl)cc1)C(=O)N1CCN(c2ccccc2CNC2CC2)CC1)[C@H]1Cc2ccccc2CN1. The summed E-state index contributed by atoms with van der Waals surface area (Å²) < 4.78 is 0. The fourth-order valence-corrected chi connectivity index (χ4v) is 5.99. The number of hydrogen-bond acceptors (Lipinski definition) is 5. The molecule has 214 valence electrons. The zero-order valence-electron chi connectivity index (χ0n) is 23.3. The van der Waals surface area contributed by atoms with Crippen LogP contribution in [0.4, 0.5) is 5.69 Å². The lowest BCUT2D eigenvalue weighted by Gasteiger charge is -2.38. The predicted molar refractivity (Wildman–Crippen MR) is 163 cm³/mol. The summed E-state index contributed by atoms with van der Waals surface area (Å²) >= 11 is 6.11. The molecular weight excluding hydrogens is 534 g/mol. The largest absolute Gasteiger partial charge is 0.368 e. The summed E-state index contributed by atoms with van der Waals surface area (Å²) in [6.07, 6.45) is 3.56. The van der Waals surface area contributed by atoms with Crippen molar-refractivity contribution in [3.8, 4) is 0 Å². The molecule has 0 aromatic heterocycles. The Morgan fingerprint density at radius 1 is 0.902 bits per heavy atom. The predicted octanol–water partition coefficient (Wildman–Crippen LogP) is 3.68. The molecule has 2 atom stereocenters. The standard InChI is InChI=1S/C33H38ClN5O2/c34-27-11-9-23(10-12-27)19-30(37-32(40)29-20-24-5-1-2-6-25(24)21-36-29)33(41)39-17-15-38(16-18-39)31-8-4-3-7-26(31)22-35-28-13-14-28/h1-12,28-30,35-36H,13-22H2,(H,37,40)/t29-,30-/m1/s1. The van der Waals surface area contributed by atoms with Gasteiger partial charge in [-0.3, -0.25) is 9.59 Å². The van der Waals surface area contributed by atoms with E-state index in [1.807, 2.05) is 41.3 Å². The maximum absolute atomic E-state index is 13.9. The van der Waals surface area contributed by atoms with Crippen LogP contribution < -0.4 is 20.9 Å². The number of rotatable bonds is 9. The number of nitrogens with zero attached hydrogens (tertiary/aromatic N) is 2. The molecule has 2 fully saturated rings.